The number of nitrogens with one attached hydrogen (secondary N) is 1. The number of benzene rings is 1. The molecule has 1 N–H and O–H groups in total. The molecule has 1 heterocycles. The summed E-state index contributed by atoms with van der Waals surface area (Å²) in [6.45, 7) is 3.46. The van der Waals surface area contributed by atoms with Crippen LogP contribution in [0.2, 0.25) is 5.02 Å². The van der Waals surface area contributed by atoms with E-state index < -0.39 is 11.2 Å². The Balaban J connectivity index is 2.39. The van der Waals surface area contributed by atoms with Gasteiger partial charge in [-0.05, 0) is 37.6 Å². The first kappa shape index (κ1) is 12.5. The number of halogens is 2. The average Bonchev–Trinajstić information content (AvgIpc) is 2.81. The van der Waals surface area contributed by atoms with Gasteiger partial charge in [-0.1, -0.05) is 18.5 Å². The smallest absolute Gasteiger partial charge is 0.171 e. The fourth-order valence-corrected chi connectivity index (χ4v) is 2.56. The molecule has 1 unspecified atom stereocenters. The van der Waals surface area contributed by atoms with Gasteiger partial charge in [0.25, 0.3) is 0 Å². The summed E-state index contributed by atoms with van der Waals surface area (Å²) in [5.41, 5.74) is -0.116. The quantitative estimate of drug-likeness (QED) is 0.841. The lowest BCUT2D eigenvalue weighted by Gasteiger charge is -2.25. The molecule has 4 heteroatoms. The van der Waals surface area contributed by atoms with Crippen molar-refractivity contribution in [1.29, 1.82) is 0 Å². The van der Waals surface area contributed by atoms with Crippen LogP contribution in [0.25, 0.3) is 0 Å². The van der Waals surface area contributed by atoms with Crippen LogP contribution < -0.4 is 5.32 Å². The van der Waals surface area contributed by atoms with E-state index in [1.165, 1.54) is 18.2 Å². The van der Waals surface area contributed by atoms with Crippen molar-refractivity contribution in [3.05, 3.63) is 34.6 Å². The van der Waals surface area contributed by atoms with E-state index in [4.69, 9.17) is 11.6 Å². The zero-order valence-corrected chi connectivity index (χ0v) is 10.5. The van der Waals surface area contributed by atoms with E-state index in [1.54, 1.807) is 0 Å². The summed E-state index contributed by atoms with van der Waals surface area (Å²) >= 11 is 5.98. The molecule has 1 aliphatic heterocycles. The van der Waals surface area contributed by atoms with Crippen molar-refractivity contribution in [2.45, 2.75) is 19.8 Å². The van der Waals surface area contributed by atoms with Gasteiger partial charge in [0.2, 0.25) is 0 Å². The second kappa shape index (κ2) is 4.75. The fraction of sp³-hybridized carbons (Fsp3) is 0.462. The highest BCUT2D eigenvalue weighted by Gasteiger charge is 2.40. The number of hydrogen-bond acceptors (Lipinski definition) is 2. The Labute approximate surface area is 105 Å². The van der Waals surface area contributed by atoms with Gasteiger partial charge in [-0.15, -0.1) is 0 Å². The average molecular weight is 256 g/mol. The molecule has 0 aromatic heterocycles. The van der Waals surface area contributed by atoms with Gasteiger partial charge in [0.05, 0.1) is 5.02 Å². The molecule has 1 atom stereocenters. The highest BCUT2D eigenvalue weighted by atomic mass is 35.5. The topological polar surface area (TPSA) is 29.1 Å². The van der Waals surface area contributed by atoms with Crippen LogP contribution in [0.4, 0.5) is 4.39 Å². The van der Waals surface area contributed by atoms with Gasteiger partial charge in [-0.3, -0.25) is 4.79 Å². The van der Waals surface area contributed by atoms with Gasteiger partial charge < -0.3 is 5.32 Å². The first-order chi connectivity index (χ1) is 8.09. The first-order valence-electron chi connectivity index (χ1n) is 5.79. The van der Waals surface area contributed by atoms with Crippen LogP contribution in [-0.4, -0.2) is 18.9 Å². The molecular formula is C13H15ClFNO. The summed E-state index contributed by atoms with van der Waals surface area (Å²) in [6, 6.07) is 3.95. The third-order valence-electron chi connectivity index (χ3n) is 3.58. The minimum absolute atomic E-state index is 0.0468. The van der Waals surface area contributed by atoms with Crippen molar-refractivity contribution in [2.24, 2.45) is 5.41 Å². The first-order valence-corrected chi connectivity index (χ1v) is 6.17. The van der Waals surface area contributed by atoms with E-state index in [-0.39, 0.29) is 5.78 Å². The monoisotopic (exact) mass is 255 g/mol. The zero-order valence-electron chi connectivity index (χ0n) is 9.72. The van der Waals surface area contributed by atoms with Crippen LogP contribution in [0, 0.1) is 11.2 Å². The van der Waals surface area contributed by atoms with Crippen LogP contribution in [0.3, 0.4) is 0 Å². The molecule has 1 aliphatic rings. The second-order valence-corrected chi connectivity index (χ2v) is 4.92. The van der Waals surface area contributed by atoms with Crippen LogP contribution in [0.5, 0.6) is 0 Å². The number of hydrogen-bond donors (Lipinski definition) is 1. The zero-order chi connectivity index (χ0) is 12.5. The molecule has 0 amide bonds. The molecule has 0 radical (unpaired) electrons. The van der Waals surface area contributed by atoms with E-state index in [0.717, 1.165) is 19.4 Å². The van der Waals surface area contributed by atoms with Gasteiger partial charge in [-0.2, -0.15) is 0 Å². The summed E-state index contributed by atoms with van der Waals surface area (Å²) in [5, 5.41) is 3.52. The van der Waals surface area contributed by atoms with Gasteiger partial charge in [0.15, 0.2) is 5.78 Å². The van der Waals surface area contributed by atoms with Crippen LogP contribution in [0.1, 0.15) is 30.1 Å². The van der Waals surface area contributed by atoms with Crippen molar-refractivity contribution in [3.8, 4) is 0 Å². The summed E-state index contributed by atoms with van der Waals surface area (Å²) in [7, 11) is 0. The lowest BCUT2D eigenvalue weighted by molar-refractivity contribution is 0.0810. The molecule has 2 nitrogen and oxygen atoms in total. The fourth-order valence-electron chi connectivity index (χ4n) is 2.36. The molecule has 1 aromatic rings. The van der Waals surface area contributed by atoms with Crippen LogP contribution in [0.15, 0.2) is 18.2 Å². The molecule has 0 aliphatic carbocycles. The minimum Gasteiger partial charge on any atom is -0.316 e. The van der Waals surface area contributed by atoms with Gasteiger partial charge in [0.1, 0.15) is 5.82 Å². The standard InChI is InChI=1S/C13H15ClFNO/c1-2-13(5-6-16-8-13)12(17)10-7-9(15)3-4-11(10)14/h3-4,7,16H,2,5-6,8H2,1H3. The second-order valence-electron chi connectivity index (χ2n) is 4.51. The molecule has 0 bridgehead atoms. The highest BCUT2D eigenvalue weighted by molar-refractivity contribution is 6.34. The summed E-state index contributed by atoms with van der Waals surface area (Å²) in [4.78, 5) is 12.5. The summed E-state index contributed by atoms with van der Waals surface area (Å²) < 4.78 is 13.2. The molecular weight excluding hydrogens is 241 g/mol. The summed E-state index contributed by atoms with van der Waals surface area (Å²) in [5.74, 6) is -0.468. The van der Waals surface area contributed by atoms with E-state index in [0.29, 0.717) is 17.1 Å². The molecule has 92 valence electrons. The normalized spacial score (nSPS) is 23.9. The maximum atomic E-state index is 13.2. The number of Topliss-reactive ketones (excluding diaryl/α,β-unsaturated/α-hetero) is 1. The molecule has 17 heavy (non-hydrogen) atoms. The molecule has 0 spiro atoms. The Morgan fingerprint density at radius 2 is 2.35 bits per heavy atom. The van der Waals surface area contributed by atoms with E-state index in [2.05, 4.69) is 5.32 Å². The Bertz CT molecular complexity index is 441. The molecule has 1 fully saturated rings. The van der Waals surface area contributed by atoms with Crippen molar-refractivity contribution < 1.29 is 9.18 Å². The molecule has 2 rings (SSSR count). The Hall–Kier alpha value is -0.930. The van der Waals surface area contributed by atoms with Crippen molar-refractivity contribution in [1.82, 2.24) is 5.32 Å². The molecule has 1 saturated heterocycles. The maximum Gasteiger partial charge on any atom is 0.171 e. The Morgan fingerprint density at radius 3 is 2.94 bits per heavy atom. The number of rotatable bonds is 3. The lowest BCUT2D eigenvalue weighted by atomic mass is 9.77. The van der Waals surface area contributed by atoms with E-state index in [9.17, 15) is 9.18 Å². The highest BCUT2D eigenvalue weighted by Crippen LogP contribution is 2.35. The predicted octanol–water partition coefficient (Wildman–Crippen LogP) is 3.05. The Morgan fingerprint density at radius 1 is 1.59 bits per heavy atom. The third-order valence-corrected chi connectivity index (χ3v) is 3.90. The molecule has 1 aromatic carbocycles. The number of carbonyl (C=O) groups is 1. The van der Waals surface area contributed by atoms with Gasteiger partial charge in [0, 0.05) is 17.5 Å². The predicted molar refractivity (Wildman–Crippen MR) is 66.0 cm³/mol. The van der Waals surface area contributed by atoms with Gasteiger partial charge >= 0.3 is 0 Å². The Kier molecular flexibility index (Phi) is 3.50. The van der Waals surface area contributed by atoms with E-state index in [1.807, 2.05) is 6.92 Å². The minimum atomic E-state index is -0.421. The van der Waals surface area contributed by atoms with Crippen LogP contribution in [-0.2, 0) is 0 Å². The lowest BCUT2D eigenvalue weighted by Crippen LogP contribution is -2.33. The van der Waals surface area contributed by atoms with Crippen molar-refractivity contribution >= 4 is 17.4 Å². The largest absolute Gasteiger partial charge is 0.316 e. The van der Waals surface area contributed by atoms with Gasteiger partial charge in [-0.25, -0.2) is 4.39 Å². The van der Waals surface area contributed by atoms with Crippen molar-refractivity contribution in [3.63, 3.8) is 0 Å². The van der Waals surface area contributed by atoms with E-state index >= 15 is 0 Å². The summed E-state index contributed by atoms with van der Waals surface area (Å²) in [6.07, 6.45) is 1.53. The SMILES string of the molecule is CCC1(C(=O)c2cc(F)ccc2Cl)CCNC1. The number of carbonyl (C=O) groups excluding carboxylic acids is 1. The molecule has 0 saturated carbocycles. The van der Waals surface area contributed by atoms with Crippen molar-refractivity contribution in [2.75, 3.05) is 13.1 Å². The number of ketones is 1. The third kappa shape index (κ3) is 2.22. The van der Waals surface area contributed by atoms with Crippen LogP contribution >= 0.6 is 11.6 Å². The maximum absolute atomic E-state index is 13.2.